The van der Waals surface area contributed by atoms with E-state index < -0.39 is 15.7 Å². The molecule has 3 aromatic rings. The van der Waals surface area contributed by atoms with Crippen molar-refractivity contribution in [2.24, 2.45) is 0 Å². The number of carbonyl (C=O) groups is 1. The van der Waals surface area contributed by atoms with Crippen molar-refractivity contribution in [3.8, 4) is 5.75 Å². The Balaban J connectivity index is 1.97. The molecule has 1 heterocycles. The van der Waals surface area contributed by atoms with Crippen molar-refractivity contribution in [1.29, 1.82) is 0 Å². The Bertz CT molecular complexity index is 1020. The van der Waals surface area contributed by atoms with E-state index in [0.29, 0.717) is 11.3 Å². The molecule has 6 nitrogen and oxygen atoms in total. The molecule has 0 unspecified atom stereocenters. The average Bonchev–Trinajstić information content (AvgIpc) is 2.98. The standard InChI is InChI=1S/C17H15NO5S/c1-22-13-8-5-6-11-10-14(23-16(11)13)17(19)18-12-7-3-4-9-15(12)24(2,20)21/h3-10H,1-2H3,(H,18,19). The molecular formula is C17H15NO5S. The van der Waals surface area contributed by atoms with E-state index in [-0.39, 0.29) is 16.3 Å². The van der Waals surface area contributed by atoms with Crippen molar-refractivity contribution in [2.75, 3.05) is 18.7 Å². The average molecular weight is 345 g/mol. The molecule has 3 rings (SSSR count). The van der Waals surface area contributed by atoms with Gasteiger partial charge in [0.15, 0.2) is 26.9 Å². The quantitative estimate of drug-likeness (QED) is 0.785. The van der Waals surface area contributed by atoms with E-state index in [9.17, 15) is 13.2 Å². The lowest BCUT2D eigenvalue weighted by Gasteiger charge is -2.08. The van der Waals surface area contributed by atoms with Gasteiger partial charge in [0.05, 0.1) is 17.7 Å². The molecule has 0 aliphatic rings. The number of fused-ring (bicyclic) bond motifs is 1. The SMILES string of the molecule is COc1cccc2cc(C(=O)Nc3ccccc3S(C)(=O)=O)oc12. The van der Waals surface area contributed by atoms with Gasteiger partial charge in [-0.25, -0.2) is 8.42 Å². The minimum atomic E-state index is -3.46. The number of sulfone groups is 1. The zero-order valence-electron chi connectivity index (χ0n) is 13.1. The van der Waals surface area contributed by atoms with E-state index in [0.717, 1.165) is 11.6 Å². The highest BCUT2D eigenvalue weighted by molar-refractivity contribution is 7.90. The number of para-hydroxylation sites is 2. The molecule has 0 spiro atoms. The van der Waals surface area contributed by atoms with Crippen LogP contribution in [0.3, 0.4) is 0 Å². The van der Waals surface area contributed by atoms with Crippen LogP contribution in [0.25, 0.3) is 11.0 Å². The first-order valence-corrected chi connectivity index (χ1v) is 8.96. The zero-order chi connectivity index (χ0) is 17.3. The topological polar surface area (TPSA) is 85.6 Å². The lowest BCUT2D eigenvalue weighted by atomic mass is 10.2. The van der Waals surface area contributed by atoms with Crippen LogP contribution in [-0.4, -0.2) is 27.7 Å². The summed E-state index contributed by atoms with van der Waals surface area (Å²) >= 11 is 0. The second-order valence-corrected chi connectivity index (χ2v) is 7.20. The summed E-state index contributed by atoms with van der Waals surface area (Å²) in [5.74, 6) is 0.0465. The lowest BCUT2D eigenvalue weighted by molar-refractivity contribution is 0.0998. The Morgan fingerprint density at radius 1 is 1.12 bits per heavy atom. The molecule has 0 atom stereocenters. The van der Waals surface area contributed by atoms with Crippen LogP contribution in [0.15, 0.2) is 57.8 Å². The van der Waals surface area contributed by atoms with E-state index in [2.05, 4.69) is 5.32 Å². The molecule has 1 N–H and O–H groups in total. The van der Waals surface area contributed by atoms with Gasteiger partial charge in [-0.05, 0) is 24.3 Å². The number of nitrogens with one attached hydrogen (secondary N) is 1. The van der Waals surface area contributed by atoms with Crippen molar-refractivity contribution < 1.29 is 22.4 Å². The first-order chi connectivity index (χ1) is 11.4. The summed E-state index contributed by atoms with van der Waals surface area (Å²) in [7, 11) is -1.95. The predicted molar refractivity (Wildman–Crippen MR) is 90.3 cm³/mol. The number of hydrogen-bond donors (Lipinski definition) is 1. The third-order valence-electron chi connectivity index (χ3n) is 3.49. The van der Waals surface area contributed by atoms with Gasteiger partial charge in [0.1, 0.15) is 0 Å². The van der Waals surface area contributed by atoms with Crippen molar-refractivity contribution in [1.82, 2.24) is 0 Å². The third kappa shape index (κ3) is 2.98. The van der Waals surface area contributed by atoms with E-state index in [1.54, 1.807) is 36.4 Å². The fourth-order valence-electron chi connectivity index (χ4n) is 2.39. The summed E-state index contributed by atoms with van der Waals surface area (Å²) in [6.45, 7) is 0. The summed E-state index contributed by atoms with van der Waals surface area (Å²) in [5.41, 5.74) is 0.666. The predicted octanol–water partition coefficient (Wildman–Crippen LogP) is 3.10. The fourth-order valence-corrected chi connectivity index (χ4v) is 3.23. The van der Waals surface area contributed by atoms with Crippen molar-refractivity contribution in [3.05, 3.63) is 54.3 Å². The van der Waals surface area contributed by atoms with Gasteiger partial charge in [-0.15, -0.1) is 0 Å². The number of ether oxygens (including phenoxy) is 1. The van der Waals surface area contributed by atoms with Crippen LogP contribution in [0, 0.1) is 0 Å². The van der Waals surface area contributed by atoms with Gasteiger partial charge in [-0.2, -0.15) is 0 Å². The minimum Gasteiger partial charge on any atom is -0.493 e. The lowest BCUT2D eigenvalue weighted by Crippen LogP contribution is -2.13. The molecule has 0 radical (unpaired) electrons. The number of amides is 1. The van der Waals surface area contributed by atoms with Gasteiger partial charge >= 0.3 is 0 Å². The number of benzene rings is 2. The molecule has 124 valence electrons. The molecule has 7 heteroatoms. The van der Waals surface area contributed by atoms with Gasteiger partial charge < -0.3 is 14.5 Å². The third-order valence-corrected chi connectivity index (χ3v) is 4.64. The molecule has 1 amide bonds. The summed E-state index contributed by atoms with van der Waals surface area (Å²) in [6.07, 6.45) is 1.09. The van der Waals surface area contributed by atoms with Gasteiger partial charge in [-0.1, -0.05) is 24.3 Å². The van der Waals surface area contributed by atoms with Crippen molar-refractivity contribution in [2.45, 2.75) is 4.90 Å². The summed E-state index contributed by atoms with van der Waals surface area (Å²) < 4.78 is 34.4. The summed E-state index contributed by atoms with van der Waals surface area (Å²) in [6, 6.07) is 13.1. The molecule has 0 aliphatic heterocycles. The van der Waals surface area contributed by atoms with Crippen LogP contribution in [0.4, 0.5) is 5.69 Å². The molecule has 1 aromatic heterocycles. The number of methoxy groups -OCH3 is 1. The van der Waals surface area contributed by atoms with E-state index in [1.165, 1.54) is 19.2 Å². The molecule has 2 aromatic carbocycles. The highest BCUT2D eigenvalue weighted by Gasteiger charge is 2.18. The second kappa shape index (κ2) is 6.01. The van der Waals surface area contributed by atoms with Crippen LogP contribution < -0.4 is 10.1 Å². The number of furan rings is 1. The smallest absolute Gasteiger partial charge is 0.291 e. The Morgan fingerprint density at radius 2 is 1.88 bits per heavy atom. The maximum atomic E-state index is 12.4. The van der Waals surface area contributed by atoms with Crippen molar-refractivity contribution >= 4 is 32.4 Å². The Kier molecular flexibility index (Phi) is 4.02. The molecule has 0 saturated carbocycles. The van der Waals surface area contributed by atoms with Gasteiger partial charge in [0.2, 0.25) is 0 Å². The maximum Gasteiger partial charge on any atom is 0.291 e. The molecular weight excluding hydrogens is 330 g/mol. The number of rotatable bonds is 4. The maximum absolute atomic E-state index is 12.4. The molecule has 0 aliphatic carbocycles. The Morgan fingerprint density at radius 3 is 2.58 bits per heavy atom. The monoisotopic (exact) mass is 345 g/mol. The van der Waals surface area contributed by atoms with Crippen LogP contribution >= 0.6 is 0 Å². The Labute approximate surface area is 139 Å². The van der Waals surface area contributed by atoms with Crippen molar-refractivity contribution in [3.63, 3.8) is 0 Å². The van der Waals surface area contributed by atoms with Crippen LogP contribution in [0.2, 0.25) is 0 Å². The van der Waals surface area contributed by atoms with Crippen LogP contribution in [0.5, 0.6) is 5.75 Å². The molecule has 0 fully saturated rings. The normalized spacial score (nSPS) is 11.4. The highest BCUT2D eigenvalue weighted by atomic mass is 32.2. The Hall–Kier alpha value is -2.80. The first-order valence-electron chi connectivity index (χ1n) is 7.07. The molecule has 0 saturated heterocycles. The molecule has 24 heavy (non-hydrogen) atoms. The second-order valence-electron chi connectivity index (χ2n) is 5.21. The van der Waals surface area contributed by atoms with E-state index in [4.69, 9.17) is 9.15 Å². The molecule has 0 bridgehead atoms. The zero-order valence-corrected chi connectivity index (χ0v) is 13.9. The van der Waals surface area contributed by atoms with Gasteiger partial charge in [-0.3, -0.25) is 4.79 Å². The van der Waals surface area contributed by atoms with E-state index in [1.807, 2.05) is 0 Å². The van der Waals surface area contributed by atoms with Gasteiger partial charge in [0.25, 0.3) is 5.91 Å². The summed E-state index contributed by atoms with van der Waals surface area (Å²) in [4.78, 5) is 12.5. The van der Waals surface area contributed by atoms with Crippen LogP contribution in [0.1, 0.15) is 10.6 Å². The van der Waals surface area contributed by atoms with Gasteiger partial charge in [0, 0.05) is 11.6 Å². The summed E-state index contributed by atoms with van der Waals surface area (Å²) in [5, 5.41) is 3.30. The first kappa shape index (κ1) is 16.1. The van der Waals surface area contributed by atoms with Crippen LogP contribution in [-0.2, 0) is 9.84 Å². The number of carbonyl (C=O) groups excluding carboxylic acids is 1. The number of anilines is 1. The van der Waals surface area contributed by atoms with E-state index >= 15 is 0 Å². The minimum absolute atomic E-state index is 0.0482. The number of hydrogen-bond acceptors (Lipinski definition) is 5. The fraction of sp³-hybridized carbons (Fsp3) is 0.118. The largest absolute Gasteiger partial charge is 0.493 e. The highest BCUT2D eigenvalue weighted by Crippen LogP contribution is 2.29.